The van der Waals surface area contributed by atoms with Crippen LogP contribution in [-0.2, 0) is 4.79 Å². The molecular formula is C19H20BrClN2O4. The Bertz CT molecular complexity index is 848. The lowest BCUT2D eigenvalue weighted by Crippen LogP contribution is -2.24. The van der Waals surface area contributed by atoms with E-state index in [4.69, 9.17) is 21.1 Å². The number of rotatable bonds is 7. The van der Waals surface area contributed by atoms with E-state index < -0.39 is 5.91 Å². The van der Waals surface area contributed by atoms with Gasteiger partial charge in [0, 0.05) is 15.1 Å². The van der Waals surface area contributed by atoms with Crippen LogP contribution in [0.25, 0.3) is 0 Å². The van der Waals surface area contributed by atoms with Crippen molar-refractivity contribution in [2.45, 2.75) is 20.8 Å². The molecule has 0 saturated carbocycles. The number of hydrogen-bond donors (Lipinski definition) is 2. The molecule has 2 rings (SSSR count). The number of nitrogens with zero attached hydrogens (tertiary/aromatic N) is 1. The second-order valence-electron chi connectivity index (χ2n) is 5.73. The molecule has 27 heavy (non-hydrogen) atoms. The molecule has 2 aromatic rings. The van der Waals surface area contributed by atoms with Gasteiger partial charge in [0.1, 0.15) is 5.75 Å². The second-order valence-corrected chi connectivity index (χ2v) is 7.02. The van der Waals surface area contributed by atoms with E-state index in [1.165, 1.54) is 6.21 Å². The summed E-state index contributed by atoms with van der Waals surface area (Å²) in [5, 5.41) is 14.7. The van der Waals surface area contributed by atoms with E-state index in [1.807, 2.05) is 20.8 Å². The van der Waals surface area contributed by atoms with Crippen molar-refractivity contribution in [3.8, 4) is 17.2 Å². The van der Waals surface area contributed by atoms with E-state index >= 15 is 0 Å². The fourth-order valence-electron chi connectivity index (χ4n) is 2.30. The third-order valence-electron chi connectivity index (χ3n) is 3.54. The molecule has 2 aromatic carbocycles. The standard InChI is InChI=1S/C19H20BrClN2O4/c1-4-26-16-8-14(20)7-13(19(16)25)9-22-23-17(24)10-27-15-5-11(2)18(21)12(3)6-15/h5-9,25H,4,10H2,1-3H3,(H,23,24). The van der Waals surface area contributed by atoms with Crippen LogP contribution < -0.4 is 14.9 Å². The zero-order chi connectivity index (χ0) is 20.0. The van der Waals surface area contributed by atoms with Crippen LogP contribution in [0.2, 0.25) is 5.02 Å². The molecule has 0 heterocycles. The summed E-state index contributed by atoms with van der Waals surface area (Å²) < 4.78 is 11.5. The first-order valence-corrected chi connectivity index (χ1v) is 9.35. The maximum absolute atomic E-state index is 11.9. The average Bonchev–Trinajstić information content (AvgIpc) is 2.61. The summed E-state index contributed by atoms with van der Waals surface area (Å²) in [6, 6.07) is 6.84. The lowest BCUT2D eigenvalue weighted by atomic mass is 10.1. The van der Waals surface area contributed by atoms with Crippen LogP contribution in [0.3, 0.4) is 0 Å². The molecular weight excluding hydrogens is 436 g/mol. The summed E-state index contributed by atoms with van der Waals surface area (Å²) in [5.41, 5.74) is 4.50. The number of hydrogen-bond acceptors (Lipinski definition) is 5. The number of aromatic hydroxyl groups is 1. The maximum Gasteiger partial charge on any atom is 0.277 e. The predicted molar refractivity (Wildman–Crippen MR) is 109 cm³/mol. The Morgan fingerprint density at radius 3 is 2.56 bits per heavy atom. The van der Waals surface area contributed by atoms with Crippen molar-refractivity contribution in [3.63, 3.8) is 0 Å². The summed E-state index contributed by atoms with van der Waals surface area (Å²) >= 11 is 9.44. The number of amides is 1. The zero-order valence-electron chi connectivity index (χ0n) is 15.2. The SMILES string of the molecule is CCOc1cc(Br)cc(C=NNC(=O)COc2cc(C)c(Cl)c(C)c2)c1O. The number of nitrogens with one attached hydrogen (secondary N) is 1. The topological polar surface area (TPSA) is 80.2 Å². The van der Waals surface area contributed by atoms with Crippen molar-refractivity contribution >= 4 is 39.7 Å². The molecule has 8 heteroatoms. The number of phenols is 1. The van der Waals surface area contributed by atoms with Gasteiger partial charge < -0.3 is 14.6 Å². The molecule has 2 N–H and O–H groups in total. The zero-order valence-corrected chi connectivity index (χ0v) is 17.5. The van der Waals surface area contributed by atoms with E-state index in [2.05, 4.69) is 26.5 Å². The van der Waals surface area contributed by atoms with Crippen molar-refractivity contribution in [2.24, 2.45) is 5.10 Å². The number of benzene rings is 2. The van der Waals surface area contributed by atoms with Crippen LogP contribution in [0.15, 0.2) is 33.8 Å². The van der Waals surface area contributed by atoms with E-state index in [0.717, 1.165) is 11.1 Å². The number of aryl methyl sites for hydroxylation is 2. The van der Waals surface area contributed by atoms with Crippen LogP contribution in [-0.4, -0.2) is 30.4 Å². The molecule has 0 radical (unpaired) electrons. The van der Waals surface area contributed by atoms with Gasteiger partial charge in [0.25, 0.3) is 5.91 Å². The van der Waals surface area contributed by atoms with Gasteiger partial charge in [-0.3, -0.25) is 4.79 Å². The molecule has 0 bridgehead atoms. The van der Waals surface area contributed by atoms with Gasteiger partial charge in [-0.15, -0.1) is 0 Å². The Hall–Kier alpha value is -2.25. The molecule has 0 saturated heterocycles. The van der Waals surface area contributed by atoms with Crippen LogP contribution >= 0.6 is 27.5 Å². The Morgan fingerprint density at radius 2 is 1.93 bits per heavy atom. The van der Waals surface area contributed by atoms with Crippen LogP contribution in [0.4, 0.5) is 0 Å². The van der Waals surface area contributed by atoms with Gasteiger partial charge in [0.15, 0.2) is 18.1 Å². The summed E-state index contributed by atoms with van der Waals surface area (Å²) in [5.74, 6) is 0.397. The van der Waals surface area contributed by atoms with Gasteiger partial charge in [-0.05, 0) is 56.2 Å². The normalized spacial score (nSPS) is 10.9. The molecule has 144 valence electrons. The number of phenolic OH excluding ortho intramolecular Hbond substituents is 1. The lowest BCUT2D eigenvalue weighted by molar-refractivity contribution is -0.123. The molecule has 0 unspecified atom stereocenters. The Morgan fingerprint density at radius 1 is 1.26 bits per heavy atom. The quantitative estimate of drug-likeness (QED) is 0.480. The van der Waals surface area contributed by atoms with E-state index in [9.17, 15) is 9.90 Å². The number of ether oxygens (including phenoxy) is 2. The smallest absolute Gasteiger partial charge is 0.277 e. The van der Waals surface area contributed by atoms with Gasteiger partial charge in [-0.25, -0.2) is 5.43 Å². The fraction of sp³-hybridized carbons (Fsp3) is 0.263. The number of carbonyl (C=O) groups excluding carboxylic acids is 1. The third kappa shape index (κ3) is 5.87. The molecule has 0 fully saturated rings. The average molecular weight is 456 g/mol. The minimum Gasteiger partial charge on any atom is -0.504 e. The highest BCUT2D eigenvalue weighted by Gasteiger charge is 2.09. The molecule has 0 spiro atoms. The summed E-state index contributed by atoms with van der Waals surface area (Å²) in [6.45, 7) is 5.77. The predicted octanol–water partition coefficient (Wildman–Crippen LogP) is 4.35. The molecule has 0 aliphatic heterocycles. The van der Waals surface area contributed by atoms with E-state index in [0.29, 0.717) is 33.2 Å². The largest absolute Gasteiger partial charge is 0.504 e. The van der Waals surface area contributed by atoms with E-state index in [1.54, 1.807) is 24.3 Å². The third-order valence-corrected chi connectivity index (χ3v) is 4.60. The van der Waals surface area contributed by atoms with Gasteiger partial charge in [-0.2, -0.15) is 5.10 Å². The Kier molecular flexibility index (Phi) is 7.50. The fourth-order valence-corrected chi connectivity index (χ4v) is 2.87. The maximum atomic E-state index is 11.9. The van der Waals surface area contributed by atoms with E-state index in [-0.39, 0.29) is 12.4 Å². The second kappa shape index (κ2) is 9.62. The lowest BCUT2D eigenvalue weighted by Gasteiger charge is -2.09. The van der Waals surface area contributed by atoms with Crippen molar-refractivity contribution < 1.29 is 19.4 Å². The summed E-state index contributed by atoms with van der Waals surface area (Å²) in [4.78, 5) is 11.9. The molecule has 0 aliphatic rings. The van der Waals surface area contributed by atoms with Gasteiger partial charge in [0.05, 0.1) is 12.8 Å². The summed E-state index contributed by atoms with van der Waals surface area (Å²) in [6.07, 6.45) is 1.33. The number of hydrazone groups is 1. The first-order chi connectivity index (χ1) is 12.8. The summed E-state index contributed by atoms with van der Waals surface area (Å²) in [7, 11) is 0. The van der Waals surface area contributed by atoms with Crippen LogP contribution in [0, 0.1) is 13.8 Å². The molecule has 6 nitrogen and oxygen atoms in total. The van der Waals surface area contributed by atoms with Gasteiger partial charge in [-0.1, -0.05) is 27.5 Å². The Balaban J connectivity index is 1.96. The highest BCUT2D eigenvalue weighted by atomic mass is 79.9. The van der Waals surface area contributed by atoms with Gasteiger partial charge in [0.2, 0.25) is 0 Å². The number of halogens is 2. The van der Waals surface area contributed by atoms with Crippen molar-refractivity contribution in [2.75, 3.05) is 13.2 Å². The monoisotopic (exact) mass is 454 g/mol. The van der Waals surface area contributed by atoms with Crippen molar-refractivity contribution in [1.29, 1.82) is 0 Å². The molecule has 1 amide bonds. The number of carbonyl (C=O) groups is 1. The first-order valence-electron chi connectivity index (χ1n) is 8.18. The Labute approximate surface area is 171 Å². The van der Waals surface area contributed by atoms with Crippen molar-refractivity contribution in [3.05, 3.63) is 50.5 Å². The highest BCUT2D eigenvalue weighted by Crippen LogP contribution is 2.32. The molecule has 0 aromatic heterocycles. The van der Waals surface area contributed by atoms with Crippen LogP contribution in [0.5, 0.6) is 17.2 Å². The highest BCUT2D eigenvalue weighted by molar-refractivity contribution is 9.10. The molecule has 0 aliphatic carbocycles. The van der Waals surface area contributed by atoms with Gasteiger partial charge >= 0.3 is 0 Å². The minimum atomic E-state index is -0.434. The van der Waals surface area contributed by atoms with Crippen molar-refractivity contribution in [1.82, 2.24) is 5.43 Å². The van der Waals surface area contributed by atoms with Crippen LogP contribution in [0.1, 0.15) is 23.6 Å². The molecule has 0 atom stereocenters. The first kappa shape index (κ1) is 21.1. The minimum absolute atomic E-state index is 0.0542.